The van der Waals surface area contributed by atoms with Gasteiger partial charge in [-0.2, -0.15) is 0 Å². The highest BCUT2D eigenvalue weighted by molar-refractivity contribution is 5.77. The maximum absolute atomic E-state index is 3.60. The molecule has 2 heteroatoms. The number of hydrogen-bond donors (Lipinski definition) is 1. The molecule has 2 aliphatic rings. The average molecular weight is 250 g/mol. The summed E-state index contributed by atoms with van der Waals surface area (Å²) < 4.78 is 0. The fourth-order valence-corrected chi connectivity index (χ4v) is 3.53. The van der Waals surface area contributed by atoms with E-state index in [1.807, 2.05) is 0 Å². The Hall–Kier alpha value is -1.96. The van der Waals surface area contributed by atoms with E-state index in [0.717, 1.165) is 19.5 Å². The van der Waals surface area contributed by atoms with Crippen molar-refractivity contribution in [1.82, 2.24) is 0 Å². The predicted octanol–water partition coefficient (Wildman–Crippen LogP) is 3.52. The monoisotopic (exact) mass is 250 g/mol. The second-order valence-corrected chi connectivity index (χ2v) is 5.51. The van der Waals surface area contributed by atoms with Crippen molar-refractivity contribution in [2.45, 2.75) is 19.4 Å². The van der Waals surface area contributed by atoms with Gasteiger partial charge in [-0.3, -0.25) is 0 Å². The summed E-state index contributed by atoms with van der Waals surface area (Å²) in [7, 11) is 0. The molecule has 0 saturated carbocycles. The first-order valence-corrected chi connectivity index (χ1v) is 7.02. The van der Waals surface area contributed by atoms with Crippen molar-refractivity contribution in [2.24, 2.45) is 0 Å². The first-order chi connectivity index (χ1) is 9.34. The fraction of sp³-hybridized carbons (Fsp3) is 0.294. The maximum atomic E-state index is 3.60. The number of benzene rings is 2. The van der Waals surface area contributed by atoms with Crippen LogP contribution in [0.2, 0.25) is 0 Å². The van der Waals surface area contributed by atoms with Crippen molar-refractivity contribution in [1.29, 1.82) is 0 Å². The van der Waals surface area contributed by atoms with Crippen molar-refractivity contribution in [3.05, 3.63) is 59.2 Å². The van der Waals surface area contributed by atoms with Gasteiger partial charge in [0.05, 0.1) is 17.4 Å². The van der Waals surface area contributed by atoms with Crippen molar-refractivity contribution in [2.75, 3.05) is 23.3 Å². The molecule has 1 N–H and O–H groups in total. The summed E-state index contributed by atoms with van der Waals surface area (Å²) in [4.78, 5) is 2.59. The van der Waals surface area contributed by atoms with Gasteiger partial charge in [0, 0.05) is 13.1 Å². The van der Waals surface area contributed by atoms with Crippen LogP contribution >= 0.6 is 0 Å². The zero-order chi connectivity index (χ0) is 12.8. The van der Waals surface area contributed by atoms with E-state index < -0.39 is 0 Å². The fourth-order valence-electron chi connectivity index (χ4n) is 3.53. The van der Waals surface area contributed by atoms with Gasteiger partial charge in [-0.15, -0.1) is 0 Å². The van der Waals surface area contributed by atoms with Gasteiger partial charge in [0.15, 0.2) is 0 Å². The number of nitrogens with one attached hydrogen (secondary N) is 1. The molecule has 0 radical (unpaired) electrons. The standard InChI is InChI=1S/C17H18N2/c1-12-5-4-8-15-17(12)19-10-9-13-6-2-3-7-14(13)16(19)11-18-15/h2-8,16,18H,9-11H2,1H3. The molecule has 0 amide bonds. The third kappa shape index (κ3) is 1.56. The zero-order valence-corrected chi connectivity index (χ0v) is 11.2. The largest absolute Gasteiger partial charge is 0.381 e. The Morgan fingerprint density at radius 1 is 1.11 bits per heavy atom. The minimum absolute atomic E-state index is 0.485. The molecule has 2 aliphatic heterocycles. The Morgan fingerprint density at radius 2 is 2.00 bits per heavy atom. The smallest absolute Gasteiger partial charge is 0.0718 e. The zero-order valence-electron chi connectivity index (χ0n) is 11.2. The Bertz CT molecular complexity index is 633. The Balaban J connectivity index is 1.85. The third-order valence-corrected chi connectivity index (χ3v) is 4.42. The van der Waals surface area contributed by atoms with E-state index in [4.69, 9.17) is 0 Å². The van der Waals surface area contributed by atoms with Gasteiger partial charge in [0.25, 0.3) is 0 Å². The lowest BCUT2D eigenvalue weighted by molar-refractivity contribution is 0.590. The third-order valence-electron chi connectivity index (χ3n) is 4.42. The summed E-state index contributed by atoms with van der Waals surface area (Å²) in [5, 5.41) is 3.60. The van der Waals surface area contributed by atoms with E-state index in [9.17, 15) is 0 Å². The molecule has 19 heavy (non-hydrogen) atoms. The van der Waals surface area contributed by atoms with Gasteiger partial charge in [-0.25, -0.2) is 0 Å². The quantitative estimate of drug-likeness (QED) is 0.769. The number of hydrogen-bond acceptors (Lipinski definition) is 2. The Kier molecular flexibility index (Phi) is 2.31. The normalized spacial score (nSPS) is 20.1. The van der Waals surface area contributed by atoms with Crippen molar-refractivity contribution in [3.8, 4) is 0 Å². The summed E-state index contributed by atoms with van der Waals surface area (Å²) in [6, 6.07) is 15.9. The molecule has 1 unspecified atom stereocenters. The minimum Gasteiger partial charge on any atom is -0.381 e. The molecular weight excluding hydrogens is 232 g/mol. The molecular formula is C17H18N2. The van der Waals surface area contributed by atoms with Gasteiger partial charge in [0.2, 0.25) is 0 Å². The van der Waals surface area contributed by atoms with Crippen molar-refractivity contribution in [3.63, 3.8) is 0 Å². The van der Waals surface area contributed by atoms with Crippen LogP contribution in [0, 0.1) is 6.92 Å². The molecule has 0 aliphatic carbocycles. The molecule has 0 spiro atoms. The van der Waals surface area contributed by atoms with E-state index in [1.54, 1.807) is 0 Å². The van der Waals surface area contributed by atoms with E-state index >= 15 is 0 Å². The molecule has 2 aromatic rings. The summed E-state index contributed by atoms with van der Waals surface area (Å²) >= 11 is 0. The van der Waals surface area contributed by atoms with E-state index in [2.05, 4.69) is 59.6 Å². The van der Waals surface area contributed by atoms with Crippen molar-refractivity contribution >= 4 is 11.4 Å². The molecule has 2 heterocycles. The highest BCUT2D eigenvalue weighted by Gasteiger charge is 2.32. The van der Waals surface area contributed by atoms with Crippen LogP contribution in [0.5, 0.6) is 0 Å². The number of nitrogens with zero attached hydrogens (tertiary/aromatic N) is 1. The molecule has 2 nitrogen and oxygen atoms in total. The molecule has 1 atom stereocenters. The predicted molar refractivity (Wildman–Crippen MR) is 79.9 cm³/mol. The first kappa shape index (κ1) is 10.9. The molecule has 0 saturated heterocycles. The lowest BCUT2D eigenvalue weighted by Gasteiger charge is -2.44. The van der Waals surface area contributed by atoms with Gasteiger partial charge in [-0.05, 0) is 36.1 Å². The van der Waals surface area contributed by atoms with Crippen LogP contribution < -0.4 is 10.2 Å². The molecule has 0 fully saturated rings. The lowest BCUT2D eigenvalue weighted by Crippen LogP contribution is -2.42. The van der Waals surface area contributed by atoms with Crippen molar-refractivity contribution < 1.29 is 0 Å². The summed E-state index contributed by atoms with van der Waals surface area (Å²) in [5.74, 6) is 0. The lowest BCUT2D eigenvalue weighted by atomic mass is 9.90. The van der Waals surface area contributed by atoms with Crippen LogP contribution in [0.25, 0.3) is 0 Å². The van der Waals surface area contributed by atoms with Gasteiger partial charge < -0.3 is 10.2 Å². The first-order valence-electron chi connectivity index (χ1n) is 7.02. The Morgan fingerprint density at radius 3 is 2.95 bits per heavy atom. The molecule has 2 aromatic carbocycles. The van der Waals surface area contributed by atoms with Crippen LogP contribution in [-0.2, 0) is 6.42 Å². The number of para-hydroxylation sites is 1. The number of rotatable bonds is 0. The molecule has 0 bridgehead atoms. The maximum Gasteiger partial charge on any atom is 0.0718 e. The average Bonchev–Trinajstić information content (AvgIpc) is 2.46. The number of fused-ring (bicyclic) bond motifs is 5. The molecule has 96 valence electrons. The second-order valence-electron chi connectivity index (χ2n) is 5.51. The topological polar surface area (TPSA) is 15.3 Å². The van der Waals surface area contributed by atoms with E-state index in [1.165, 1.54) is 28.1 Å². The van der Waals surface area contributed by atoms with Gasteiger partial charge in [0.1, 0.15) is 0 Å². The van der Waals surface area contributed by atoms with E-state index in [0.29, 0.717) is 6.04 Å². The number of anilines is 2. The second kappa shape index (κ2) is 4.02. The SMILES string of the molecule is Cc1cccc2c1N1CCc3ccccc3C1CN2. The summed E-state index contributed by atoms with van der Waals surface area (Å²) in [6.45, 7) is 4.35. The van der Waals surface area contributed by atoms with Crippen LogP contribution in [0.3, 0.4) is 0 Å². The van der Waals surface area contributed by atoms with Gasteiger partial charge in [-0.1, -0.05) is 36.4 Å². The molecule has 4 rings (SSSR count). The minimum atomic E-state index is 0.485. The van der Waals surface area contributed by atoms with Gasteiger partial charge >= 0.3 is 0 Å². The van der Waals surface area contributed by atoms with E-state index in [-0.39, 0.29) is 0 Å². The highest BCUT2D eigenvalue weighted by Crippen LogP contribution is 2.42. The van der Waals surface area contributed by atoms with Crippen LogP contribution in [0.15, 0.2) is 42.5 Å². The van der Waals surface area contributed by atoms with Crippen LogP contribution in [0.4, 0.5) is 11.4 Å². The highest BCUT2D eigenvalue weighted by atomic mass is 15.2. The van der Waals surface area contributed by atoms with Crippen LogP contribution in [-0.4, -0.2) is 13.1 Å². The van der Waals surface area contributed by atoms with Crippen LogP contribution in [0.1, 0.15) is 22.7 Å². The summed E-state index contributed by atoms with van der Waals surface area (Å²) in [5.41, 5.74) is 7.07. The number of aryl methyl sites for hydroxylation is 1. The molecule has 0 aromatic heterocycles. The summed E-state index contributed by atoms with van der Waals surface area (Å²) in [6.07, 6.45) is 1.15. The Labute approximate surface area is 114 Å².